The van der Waals surface area contributed by atoms with Crippen LogP contribution in [0.2, 0.25) is 0 Å². The average molecular weight is 273 g/mol. The number of fused-ring (bicyclic) bond motifs is 1. The highest BCUT2D eigenvalue weighted by atomic mass is 16.5. The first-order chi connectivity index (χ1) is 9.86. The number of hydrogen-bond donors (Lipinski definition) is 1. The number of hydrogen-bond acceptors (Lipinski definition) is 4. The van der Waals surface area contributed by atoms with Crippen LogP contribution in [0.4, 0.5) is 0 Å². The monoisotopic (exact) mass is 273 g/mol. The summed E-state index contributed by atoms with van der Waals surface area (Å²) in [6.45, 7) is 3.04. The minimum Gasteiger partial charge on any atom is -0.496 e. The van der Waals surface area contributed by atoms with E-state index in [1.165, 1.54) is 0 Å². The zero-order chi connectivity index (χ0) is 13.8. The van der Waals surface area contributed by atoms with Crippen LogP contribution in [0.1, 0.15) is 11.4 Å². The van der Waals surface area contributed by atoms with E-state index in [2.05, 4.69) is 20.9 Å². The predicted molar refractivity (Wildman–Crippen MR) is 75.5 cm³/mol. The van der Waals surface area contributed by atoms with Crippen LogP contribution in [0, 0.1) is 0 Å². The third-order valence-electron chi connectivity index (χ3n) is 3.53. The molecule has 0 radical (unpaired) electrons. The highest BCUT2D eigenvalue weighted by Crippen LogP contribution is 2.17. The topological polar surface area (TPSA) is 48.3 Å². The van der Waals surface area contributed by atoms with Gasteiger partial charge in [-0.2, -0.15) is 0 Å². The van der Waals surface area contributed by atoms with Crippen molar-refractivity contribution in [3.8, 4) is 5.75 Å². The van der Waals surface area contributed by atoms with E-state index < -0.39 is 0 Å². The first-order valence-corrected chi connectivity index (χ1v) is 6.81. The van der Waals surface area contributed by atoms with Gasteiger partial charge in [0.2, 0.25) is 0 Å². The molecule has 0 saturated heterocycles. The van der Waals surface area contributed by atoms with Gasteiger partial charge in [-0.3, -0.25) is 0 Å². The smallest absolute Gasteiger partial charge is 0.134 e. The number of methoxy groups -OCH3 is 1. The van der Waals surface area contributed by atoms with Crippen LogP contribution in [0.15, 0.2) is 36.7 Å². The number of para-hydroxylation sites is 1. The Morgan fingerprint density at radius 1 is 1.45 bits per heavy atom. The van der Waals surface area contributed by atoms with E-state index in [-0.39, 0.29) is 6.10 Å². The van der Waals surface area contributed by atoms with E-state index in [4.69, 9.17) is 9.47 Å². The van der Waals surface area contributed by atoms with Gasteiger partial charge in [0.25, 0.3) is 0 Å². The standard InChI is InChI=1S/C15H19N3O2/c1-19-14-5-3-2-4-12(14)8-16-9-13-10-18-7-6-17-15(18)11-20-13/h2-7,13,16H,8-11H2,1H3/t13-/m0/s1. The fraction of sp³-hybridized carbons (Fsp3) is 0.400. The van der Waals surface area contributed by atoms with Crippen molar-refractivity contribution in [2.24, 2.45) is 0 Å². The molecule has 1 aliphatic rings. The van der Waals surface area contributed by atoms with Crippen molar-refractivity contribution in [2.75, 3.05) is 13.7 Å². The number of benzene rings is 1. The molecule has 2 aromatic rings. The molecule has 20 heavy (non-hydrogen) atoms. The maximum Gasteiger partial charge on any atom is 0.134 e. The van der Waals surface area contributed by atoms with Gasteiger partial charge in [0.1, 0.15) is 18.2 Å². The van der Waals surface area contributed by atoms with Crippen LogP contribution in [0.25, 0.3) is 0 Å². The Bertz CT molecular complexity index is 568. The van der Waals surface area contributed by atoms with Gasteiger partial charge in [-0.05, 0) is 6.07 Å². The molecule has 5 nitrogen and oxygen atoms in total. The molecule has 5 heteroatoms. The number of rotatable bonds is 5. The fourth-order valence-corrected chi connectivity index (χ4v) is 2.45. The lowest BCUT2D eigenvalue weighted by Gasteiger charge is -2.24. The number of ether oxygens (including phenoxy) is 2. The summed E-state index contributed by atoms with van der Waals surface area (Å²) in [5, 5.41) is 3.43. The van der Waals surface area contributed by atoms with Crippen molar-refractivity contribution in [2.45, 2.75) is 25.8 Å². The Balaban J connectivity index is 1.51. The maximum absolute atomic E-state index is 5.78. The molecule has 0 saturated carbocycles. The molecule has 106 valence electrons. The molecule has 0 fully saturated rings. The van der Waals surface area contributed by atoms with Gasteiger partial charge >= 0.3 is 0 Å². The highest BCUT2D eigenvalue weighted by Gasteiger charge is 2.18. The normalized spacial score (nSPS) is 17.8. The van der Waals surface area contributed by atoms with Crippen molar-refractivity contribution in [3.05, 3.63) is 48.0 Å². The molecule has 1 aliphatic heterocycles. The number of nitrogens with one attached hydrogen (secondary N) is 1. The van der Waals surface area contributed by atoms with Crippen LogP contribution < -0.4 is 10.1 Å². The van der Waals surface area contributed by atoms with Gasteiger partial charge in [-0.1, -0.05) is 18.2 Å². The van der Waals surface area contributed by atoms with E-state index >= 15 is 0 Å². The van der Waals surface area contributed by atoms with Crippen molar-refractivity contribution < 1.29 is 9.47 Å². The molecule has 0 aliphatic carbocycles. The lowest BCUT2D eigenvalue weighted by molar-refractivity contribution is 0.00276. The molecule has 0 spiro atoms. The first-order valence-electron chi connectivity index (χ1n) is 6.81. The summed E-state index contributed by atoms with van der Waals surface area (Å²) in [5.74, 6) is 1.92. The summed E-state index contributed by atoms with van der Waals surface area (Å²) in [7, 11) is 1.70. The maximum atomic E-state index is 5.78. The van der Waals surface area contributed by atoms with Crippen LogP contribution in [0.5, 0.6) is 5.75 Å². The molecular formula is C15H19N3O2. The zero-order valence-corrected chi connectivity index (χ0v) is 11.6. The molecule has 0 unspecified atom stereocenters. The van der Waals surface area contributed by atoms with Crippen LogP contribution in [0.3, 0.4) is 0 Å². The van der Waals surface area contributed by atoms with Crippen molar-refractivity contribution >= 4 is 0 Å². The second-order valence-electron chi connectivity index (χ2n) is 4.87. The van der Waals surface area contributed by atoms with Crippen molar-refractivity contribution in [3.63, 3.8) is 0 Å². The second-order valence-corrected chi connectivity index (χ2v) is 4.87. The molecule has 1 N–H and O–H groups in total. The number of aromatic nitrogens is 2. The van der Waals surface area contributed by atoms with Gasteiger partial charge in [0, 0.05) is 31.0 Å². The molecular weight excluding hydrogens is 254 g/mol. The lowest BCUT2D eigenvalue weighted by atomic mass is 10.2. The summed E-state index contributed by atoms with van der Waals surface area (Å²) in [6, 6.07) is 8.05. The Morgan fingerprint density at radius 3 is 3.25 bits per heavy atom. The zero-order valence-electron chi connectivity index (χ0n) is 11.6. The van der Waals surface area contributed by atoms with Crippen LogP contribution >= 0.6 is 0 Å². The Kier molecular flexibility index (Phi) is 3.99. The molecule has 2 heterocycles. The third-order valence-corrected chi connectivity index (χ3v) is 3.53. The summed E-state index contributed by atoms with van der Waals surface area (Å²) >= 11 is 0. The van der Waals surface area contributed by atoms with Gasteiger partial charge < -0.3 is 19.4 Å². The molecule has 1 atom stereocenters. The van der Waals surface area contributed by atoms with E-state index in [0.29, 0.717) is 6.61 Å². The van der Waals surface area contributed by atoms with E-state index in [0.717, 1.165) is 36.8 Å². The second kappa shape index (κ2) is 6.07. The minimum absolute atomic E-state index is 0.186. The van der Waals surface area contributed by atoms with Crippen molar-refractivity contribution in [1.82, 2.24) is 14.9 Å². The molecule has 1 aromatic carbocycles. The minimum atomic E-state index is 0.186. The Hall–Kier alpha value is -1.85. The van der Waals surface area contributed by atoms with Crippen LogP contribution in [-0.2, 0) is 24.4 Å². The molecule has 3 rings (SSSR count). The van der Waals surface area contributed by atoms with Gasteiger partial charge in [0.05, 0.1) is 19.8 Å². The lowest BCUT2D eigenvalue weighted by Crippen LogP contribution is -2.36. The van der Waals surface area contributed by atoms with E-state index in [1.807, 2.05) is 30.6 Å². The van der Waals surface area contributed by atoms with Gasteiger partial charge in [-0.15, -0.1) is 0 Å². The van der Waals surface area contributed by atoms with Crippen LogP contribution in [-0.4, -0.2) is 29.3 Å². The molecule has 0 amide bonds. The summed E-state index contributed by atoms with van der Waals surface area (Å²) < 4.78 is 13.3. The quantitative estimate of drug-likeness (QED) is 0.898. The van der Waals surface area contributed by atoms with E-state index in [1.54, 1.807) is 7.11 Å². The first kappa shape index (κ1) is 13.1. The SMILES string of the molecule is COc1ccccc1CNC[C@H]1Cn2ccnc2CO1. The third kappa shape index (κ3) is 2.84. The largest absolute Gasteiger partial charge is 0.496 e. The highest BCUT2D eigenvalue weighted by molar-refractivity contribution is 5.32. The summed E-state index contributed by atoms with van der Waals surface area (Å²) in [4.78, 5) is 4.24. The van der Waals surface area contributed by atoms with E-state index in [9.17, 15) is 0 Å². The Morgan fingerprint density at radius 2 is 2.35 bits per heavy atom. The molecule has 0 bridgehead atoms. The Labute approximate surface area is 118 Å². The van der Waals surface area contributed by atoms with Crippen molar-refractivity contribution in [1.29, 1.82) is 0 Å². The summed E-state index contributed by atoms with van der Waals surface area (Å²) in [6.07, 6.45) is 4.01. The fourth-order valence-electron chi connectivity index (χ4n) is 2.45. The number of nitrogens with zero attached hydrogens (tertiary/aromatic N) is 2. The molecule has 1 aromatic heterocycles. The van der Waals surface area contributed by atoms with Gasteiger partial charge in [0.15, 0.2) is 0 Å². The van der Waals surface area contributed by atoms with Gasteiger partial charge in [-0.25, -0.2) is 4.98 Å². The average Bonchev–Trinajstić information content (AvgIpc) is 2.95. The number of imidazole rings is 1. The predicted octanol–water partition coefficient (Wildman–Crippen LogP) is 1.58. The summed E-state index contributed by atoms with van der Waals surface area (Å²) in [5.41, 5.74) is 1.16.